The number of aromatic nitrogens is 1. The Morgan fingerprint density at radius 1 is 1.47 bits per heavy atom. The average Bonchev–Trinajstić information content (AvgIpc) is 2.99. The van der Waals surface area contributed by atoms with Crippen LogP contribution in [0.1, 0.15) is 17.6 Å². The van der Waals surface area contributed by atoms with E-state index in [1.807, 2.05) is 17.2 Å². The van der Waals surface area contributed by atoms with Gasteiger partial charge in [-0.1, -0.05) is 0 Å². The smallest absolute Gasteiger partial charge is 0.228 e. The van der Waals surface area contributed by atoms with Crippen LogP contribution in [0.5, 0.6) is 0 Å². The minimum atomic E-state index is 0.00336. The van der Waals surface area contributed by atoms with Gasteiger partial charge >= 0.3 is 0 Å². The number of thiazole rings is 1. The summed E-state index contributed by atoms with van der Waals surface area (Å²) in [5.74, 6) is 0.558. The molecule has 2 aliphatic rings. The Morgan fingerprint density at radius 3 is 2.84 bits per heavy atom. The summed E-state index contributed by atoms with van der Waals surface area (Å²) in [5.41, 5.74) is 0.972. The van der Waals surface area contributed by atoms with E-state index in [1.54, 1.807) is 23.2 Å². The Balaban J connectivity index is 1.66. The first-order valence-corrected chi connectivity index (χ1v) is 7.38. The van der Waals surface area contributed by atoms with Gasteiger partial charge in [-0.25, -0.2) is 4.98 Å². The third kappa shape index (κ3) is 2.25. The van der Waals surface area contributed by atoms with E-state index in [0.29, 0.717) is 19.0 Å². The fourth-order valence-electron chi connectivity index (χ4n) is 3.02. The molecule has 5 nitrogen and oxygen atoms in total. The molecule has 2 saturated heterocycles. The highest BCUT2D eigenvalue weighted by Gasteiger charge is 2.46. The fourth-order valence-corrected chi connectivity index (χ4v) is 3.62. The van der Waals surface area contributed by atoms with E-state index in [9.17, 15) is 9.59 Å². The zero-order chi connectivity index (χ0) is 13.6. The molecule has 0 radical (unpaired) electrons. The molecule has 2 atom stereocenters. The standard InChI is InChI=1S/C13H17N3O2S/c1-8-14-11(7-19-8)5-16-4-10-3-15(9(2)17)6-12(10)13(16)18/h7,10,12H,3-6H2,1-2H3/t10-,12-/m0/s1. The molecular weight excluding hydrogens is 262 g/mol. The predicted octanol–water partition coefficient (Wildman–Crippen LogP) is 0.888. The van der Waals surface area contributed by atoms with Crippen LogP contribution in [0.2, 0.25) is 0 Å². The van der Waals surface area contributed by atoms with Gasteiger partial charge in [0.25, 0.3) is 0 Å². The maximum Gasteiger partial charge on any atom is 0.228 e. The first kappa shape index (κ1) is 12.6. The lowest BCUT2D eigenvalue weighted by molar-refractivity contribution is -0.132. The van der Waals surface area contributed by atoms with Crippen LogP contribution in [0.4, 0.5) is 0 Å². The Kier molecular flexibility index (Phi) is 3.05. The van der Waals surface area contributed by atoms with Crippen molar-refractivity contribution in [2.45, 2.75) is 20.4 Å². The van der Waals surface area contributed by atoms with E-state index in [0.717, 1.165) is 23.8 Å². The lowest BCUT2D eigenvalue weighted by Crippen LogP contribution is -2.34. The molecule has 0 bridgehead atoms. The number of aryl methyl sites for hydroxylation is 1. The minimum absolute atomic E-state index is 0.00336. The zero-order valence-electron chi connectivity index (χ0n) is 11.1. The topological polar surface area (TPSA) is 53.5 Å². The van der Waals surface area contributed by atoms with Gasteiger partial charge in [0, 0.05) is 37.9 Å². The Morgan fingerprint density at radius 2 is 2.26 bits per heavy atom. The molecule has 0 unspecified atom stereocenters. The molecule has 1 aromatic heterocycles. The van der Waals surface area contributed by atoms with Crippen LogP contribution < -0.4 is 0 Å². The third-order valence-corrected chi connectivity index (χ3v) is 4.81. The Labute approximate surface area is 116 Å². The summed E-state index contributed by atoms with van der Waals surface area (Å²) in [7, 11) is 0. The number of fused-ring (bicyclic) bond motifs is 1. The third-order valence-electron chi connectivity index (χ3n) is 3.99. The molecule has 0 N–H and O–H groups in total. The molecule has 0 aromatic carbocycles. The maximum atomic E-state index is 12.3. The molecule has 3 heterocycles. The van der Waals surface area contributed by atoms with Gasteiger partial charge in [-0.3, -0.25) is 9.59 Å². The Hall–Kier alpha value is -1.43. The average molecular weight is 279 g/mol. The molecule has 2 amide bonds. The number of hydrogen-bond donors (Lipinski definition) is 0. The van der Waals surface area contributed by atoms with Crippen LogP contribution in [-0.4, -0.2) is 46.2 Å². The van der Waals surface area contributed by atoms with Gasteiger partial charge < -0.3 is 9.80 Å². The number of rotatable bonds is 2. The van der Waals surface area contributed by atoms with Crippen molar-refractivity contribution in [3.8, 4) is 0 Å². The molecule has 102 valence electrons. The van der Waals surface area contributed by atoms with Crippen LogP contribution >= 0.6 is 11.3 Å². The van der Waals surface area contributed by atoms with Crippen molar-refractivity contribution in [2.24, 2.45) is 11.8 Å². The van der Waals surface area contributed by atoms with Crippen LogP contribution in [0.15, 0.2) is 5.38 Å². The van der Waals surface area contributed by atoms with Gasteiger partial charge in [0.15, 0.2) is 0 Å². The second-order valence-corrected chi connectivity index (χ2v) is 6.43. The molecule has 2 fully saturated rings. The Bertz CT molecular complexity index is 528. The van der Waals surface area contributed by atoms with E-state index in [2.05, 4.69) is 4.98 Å². The molecule has 1 aromatic rings. The van der Waals surface area contributed by atoms with Crippen molar-refractivity contribution < 1.29 is 9.59 Å². The van der Waals surface area contributed by atoms with Crippen molar-refractivity contribution in [1.82, 2.24) is 14.8 Å². The van der Waals surface area contributed by atoms with Gasteiger partial charge in [-0.2, -0.15) is 0 Å². The maximum absolute atomic E-state index is 12.3. The van der Waals surface area contributed by atoms with Crippen LogP contribution in [-0.2, 0) is 16.1 Å². The fraction of sp³-hybridized carbons (Fsp3) is 0.615. The first-order valence-electron chi connectivity index (χ1n) is 6.50. The molecule has 6 heteroatoms. The molecule has 0 saturated carbocycles. The monoisotopic (exact) mass is 279 g/mol. The summed E-state index contributed by atoms with van der Waals surface area (Å²) >= 11 is 1.61. The summed E-state index contributed by atoms with van der Waals surface area (Å²) in [4.78, 5) is 31.8. The number of likely N-dealkylation sites (tertiary alicyclic amines) is 2. The summed E-state index contributed by atoms with van der Waals surface area (Å²) in [6.07, 6.45) is 0. The molecule has 2 aliphatic heterocycles. The van der Waals surface area contributed by atoms with Gasteiger partial charge in [-0.15, -0.1) is 11.3 Å². The van der Waals surface area contributed by atoms with Crippen LogP contribution in [0.25, 0.3) is 0 Å². The molecule has 19 heavy (non-hydrogen) atoms. The lowest BCUT2D eigenvalue weighted by Gasteiger charge is -2.20. The number of amides is 2. The largest absolute Gasteiger partial charge is 0.342 e. The van der Waals surface area contributed by atoms with E-state index in [4.69, 9.17) is 0 Å². The minimum Gasteiger partial charge on any atom is -0.342 e. The summed E-state index contributed by atoms with van der Waals surface area (Å²) < 4.78 is 0. The summed E-state index contributed by atoms with van der Waals surface area (Å²) in [6.45, 7) is 6.21. The van der Waals surface area contributed by atoms with E-state index in [-0.39, 0.29) is 17.7 Å². The SMILES string of the molecule is CC(=O)N1C[C@H]2CN(Cc3csc(C)n3)C(=O)[C@H]2C1. The van der Waals surface area contributed by atoms with E-state index < -0.39 is 0 Å². The quantitative estimate of drug-likeness (QED) is 0.808. The second kappa shape index (κ2) is 4.59. The van der Waals surface area contributed by atoms with E-state index >= 15 is 0 Å². The highest BCUT2D eigenvalue weighted by Crippen LogP contribution is 2.33. The van der Waals surface area contributed by atoms with Crippen molar-refractivity contribution >= 4 is 23.2 Å². The molecular formula is C13H17N3O2S. The highest BCUT2D eigenvalue weighted by molar-refractivity contribution is 7.09. The lowest BCUT2D eigenvalue weighted by atomic mass is 10.0. The van der Waals surface area contributed by atoms with E-state index in [1.165, 1.54) is 0 Å². The normalized spacial score (nSPS) is 26.1. The molecule has 0 spiro atoms. The van der Waals surface area contributed by atoms with Crippen LogP contribution in [0.3, 0.4) is 0 Å². The zero-order valence-corrected chi connectivity index (χ0v) is 11.9. The predicted molar refractivity (Wildman–Crippen MR) is 71.5 cm³/mol. The first-order chi connectivity index (χ1) is 9.04. The van der Waals surface area contributed by atoms with Crippen molar-refractivity contribution in [2.75, 3.05) is 19.6 Å². The summed E-state index contributed by atoms with van der Waals surface area (Å²) in [6, 6.07) is 0. The number of carbonyl (C=O) groups is 2. The van der Waals surface area contributed by atoms with Crippen LogP contribution in [0, 0.1) is 18.8 Å². The van der Waals surface area contributed by atoms with Gasteiger partial charge in [0.05, 0.1) is 23.2 Å². The van der Waals surface area contributed by atoms with Crippen molar-refractivity contribution in [1.29, 1.82) is 0 Å². The highest BCUT2D eigenvalue weighted by atomic mass is 32.1. The molecule has 0 aliphatic carbocycles. The second-order valence-electron chi connectivity index (χ2n) is 5.37. The van der Waals surface area contributed by atoms with Gasteiger partial charge in [0.2, 0.25) is 11.8 Å². The summed E-state index contributed by atoms with van der Waals surface area (Å²) in [5, 5.41) is 3.04. The van der Waals surface area contributed by atoms with Crippen molar-refractivity contribution in [3.05, 3.63) is 16.1 Å². The van der Waals surface area contributed by atoms with Gasteiger partial charge in [-0.05, 0) is 6.92 Å². The van der Waals surface area contributed by atoms with Crippen molar-refractivity contribution in [3.63, 3.8) is 0 Å². The number of nitrogens with zero attached hydrogens (tertiary/aromatic N) is 3. The number of carbonyl (C=O) groups excluding carboxylic acids is 2. The molecule has 3 rings (SSSR count). The van der Waals surface area contributed by atoms with Gasteiger partial charge in [0.1, 0.15) is 0 Å². The number of hydrogen-bond acceptors (Lipinski definition) is 4.